The van der Waals surface area contributed by atoms with Crippen LogP contribution in [-0.4, -0.2) is 17.9 Å². The Hall–Kier alpha value is -1.28. The van der Waals surface area contributed by atoms with Crippen LogP contribution in [0.15, 0.2) is 28.8 Å². The zero-order chi connectivity index (χ0) is 10.1. The average molecular weight is 208 g/mol. The van der Waals surface area contributed by atoms with E-state index >= 15 is 0 Å². The number of hydrogen-bond acceptors (Lipinski definition) is 2. The summed E-state index contributed by atoms with van der Waals surface area (Å²) in [5, 5.41) is 10.3. The summed E-state index contributed by atoms with van der Waals surface area (Å²) >= 11 is 5.87. The van der Waals surface area contributed by atoms with E-state index in [1.807, 2.05) is 13.1 Å². The molecule has 0 unspecified atom stereocenters. The Labute approximate surface area is 87.6 Å². The predicted molar refractivity (Wildman–Crippen MR) is 59.1 cm³/mol. The third kappa shape index (κ3) is 1.53. The van der Waals surface area contributed by atoms with Crippen LogP contribution >= 0.6 is 11.6 Å². The molecule has 0 amide bonds. The van der Waals surface area contributed by atoms with Gasteiger partial charge in [-0.05, 0) is 36.3 Å². The van der Waals surface area contributed by atoms with Crippen molar-refractivity contribution in [3.63, 3.8) is 0 Å². The molecule has 1 aromatic rings. The van der Waals surface area contributed by atoms with Gasteiger partial charge in [-0.3, -0.25) is 4.99 Å². The molecule has 0 radical (unpaired) electrons. The van der Waals surface area contributed by atoms with Crippen LogP contribution in [0.25, 0.3) is 5.57 Å². The third-order valence-electron chi connectivity index (χ3n) is 2.29. The molecule has 0 spiro atoms. The molecule has 0 saturated carbocycles. The summed E-state index contributed by atoms with van der Waals surface area (Å²) in [4.78, 5) is 4.14. The number of phenols is 1. The molecule has 2 rings (SSSR count). The van der Waals surface area contributed by atoms with Crippen molar-refractivity contribution in [3.8, 4) is 5.75 Å². The Morgan fingerprint density at radius 2 is 2.21 bits per heavy atom. The van der Waals surface area contributed by atoms with Gasteiger partial charge in [0.1, 0.15) is 5.75 Å². The third-order valence-corrected chi connectivity index (χ3v) is 2.53. The molecule has 0 aliphatic carbocycles. The van der Waals surface area contributed by atoms with Crippen LogP contribution < -0.4 is 0 Å². The lowest BCUT2D eigenvalue weighted by Gasteiger charge is -2.06. The lowest BCUT2D eigenvalue weighted by molar-refractivity contribution is 0.473. The molecule has 3 heteroatoms. The molecule has 1 aromatic carbocycles. The zero-order valence-corrected chi connectivity index (χ0v) is 8.54. The van der Waals surface area contributed by atoms with Crippen LogP contribution in [0.3, 0.4) is 0 Å². The normalized spacial score (nSPS) is 15.3. The number of phenolic OH excluding ortho intramolecular Hbond substituents is 1. The highest BCUT2D eigenvalue weighted by Crippen LogP contribution is 2.31. The van der Waals surface area contributed by atoms with Gasteiger partial charge in [-0.15, -0.1) is 0 Å². The quantitative estimate of drug-likeness (QED) is 0.755. The monoisotopic (exact) mass is 207 g/mol. The molecule has 1 aliphatic heterocycles. The number of aromatic hydroxyl groups is 1. The van der Waals surface area contributed by atoms with E-state index in [-0.39, 0.29) is 5.75 Å². The average Bonchev–Trinajstić information content (AvgIpc) is 2.56. The van der Waals surface area contributed by atoms with Gasteiger partial charge in [0.25, 0.3) is 0 Å². The van der Waals surface area contributed by atoms with Crippen molar-refractivity contribution < 1.29 is 5.11 Å². The number of benzene rings is 1. The standard InChI is InChI=1S/C11H10ClNO/c1-7-5-13-6-10(7)9-4-8(12)2-3-11(9)14/h2-5,14H,6H2,1H3. The first-order chi connectivity index (χ1) is 6.68. The second-order valence-corrected chi connectivity index (χ2v) is 3.73. The molecule has 0 aromatic heterocycles. The van der Waals surface area contributed by atoms with Gasteiger partial charge in [0, 0.05) is 16.8 Å². The van der Waals surface area contributed by atoms with Gasteiger partial charge in [0.05, 0.1) is 6.54 Å². The maximum absolute atomic E-state index is 9.66. The van der Waals surface area contributed by atoms with Gasteiger partial charge in [-0.2, -0.15) is 0 Å². The predicted octanol–water partition coefficient (Wildman–Crippen LogP) is 2.90. The minimum absolute atomic E-state index is 0.259. The number of allylic oxidation sites excluding steroid dienone is 1. The van der Waals surface area contributed by atoms with Crippen LogP contribution in [0.1, 0.15) is 12.5 Å². The molecule has 1 heterocycles. The highest BCUT2D eigenvalue weighted by Gasteiger charge is 2.13. The fourth-order valence-electron chi connectivity index (χ4n) is 1.52. The van der Waals surface area contributed by atoms with Crippen molar-refractivity contribution in [1.29, 1.82) is 0 Å². The molecule has 0 bridgehead atoms. The van der Waals surface area contributed by atoms with Gasteiger partial charge in [-0.25, -0.2) is 0 Å². The number of halogens is 1. The molecular weight excluding hydrogens is 198 g/mol. The summed E-state index contributed by atoms with van der Waals surface area (Å²) in [5.74, 6) is 0.259. The number of hydrogen-bond donors (Lipinski definition) is 1. The number of rotatable bonds is 1. The second kappa shape index (κ2) is 3.46. The van der Waals surface area contributed by atoms with Gasteiger partial charge < -0.3 is 5.11 Å². The topological polar surface area (TPSA) is 32.6 Å². The second-order valence-electron chi connectivity index (χ2n) is 3.29. The molecule has 1 N–H and O–H groups in total. The Bertz CT molecular complexity index is 435. The smallest absolute Gasteiger partial charge is 0.123 e. The van der Waals surface area contributed by atoms with Crippen LogP contribution in [-0.2, 0) is 0 Å². The maximum atomic E-state index is 9.66. The highest BCUT2D eigenvalue weighted by molar-refractivity contribution is 6.30. The van der Waals surface area contributed by atoms with E-state index in [0.717, 1.165) is 16.7 Å². The van der Waals surface area contributed by atoms with Gasteiger partial charge in [0.2, 0.25) is 0 Å². The molecule has 0 atom stereocenters. The lowest BCUT2D eigenvalue weighted by atomic mass is 10.0. The molecule has 0 fully saturated rings. The summed E-state index contributed by atoms with van der Waals surface area (Å²) in [6, 6.07) is 5.05. The Morgan fingerprint density at radius 3 is 2.86 bits per heavy atom. The molecule has 0 saturated heterocycles. The minimum Gasteiger partial charge on any atom is -0.507 e. The van der Waals surface area contributed by atoms with E-state index in [2.05, 4.69) is 4.99 Å². The van der Waals surface area contributed by atoms with Crippen LogP contribution in [0.2, 0.25) is 5.02 Å². The molecule has 72 valence electrons. The van der Waals surface area contributed by atoms with E-state index in [1.165, 1.54) is 0 Å². The van der Waals surface area contributed by atoms with Crippen LogP contribution in [0.4, 0.5) is 0 Å². The van der Waals surface area contributed by atoms with Gasteiger partial charge in [-0.1, -0.05) is 11.6 Å². The summed E-state index contributed by atoms with van der Waals surface area (Å²) in [6.07, 6.45) is 1.82. The van der Waals surface area contributed by atoms with Crippen LogP contribution in [0.5, 0.6) is 5.75 Å². The van der Waals surface area contributed by atoms with Crippen molar-refractivity contribution in [2.24, 2.45) is 4.99 Å². The van der Waals surface area contributed by atoms with Crippen molar-refractivity contribution in [3.05, 3.63) is 34.4 Å². The van der Waals surface area contributed by atoms with Crippen molar-refractivity contribution in [2.45, 2.75) is 6.92 Å². The van der Waals surface area contributed by atoms with Crippen molar-refractivity contribution >= 4 is 23.4 Å². The van der Waals surface area contributed by atoms with E-state index in [1.54, 1.807) is 18.2 Å². The Morgan fingerprint density at radius 1 is 1.43 bits per heavy atom. The molecule has 1 aliphatic rings. The summed E-state index contributed by atoms with van der Waals surface area (Å²) < 4.78 is 0. The molecule has 2 nitrogen and oxygen atoms in total. The fraction of sp³-hybridized carbons (Fsp3) is 0.182. The number of nitrogens with zero attached hydrogens (tertiary/aromatic N) is 1. The lowest BCUT2D eigenvalue weighted by Crippen LogP contribution is -1.89. The minimum atomic E-state index is 0.259. The van der Waals surface area contributed by atoms with Crippen LogP contribution in [0, 0.1) is 0 Å². The highest BCUT2D eigenvalue weighted by atomic mass is 35.5. The first kappa shape index (κ1) is 9.28. The SMILES string of the molecule is CC1=C(c2cc(Cl)ccc2O)CN=C1. The zero-order valence-electron chi connectivity index (χ0n) is 7.79. The maximum Gasteiger partial charge on any atom is 0.123 e. The van der Waals surface area contributed by atoms with Crippen molar-refractivity contribution in [2.75, 3.05) is 6.54 Å². The molecular formula is C11H10ClNO. The summed E-state index contributed by atoms with van der Waals surface area (Å²) in [5.41, 5.74) is 2.92. The first-order valence-electron chi connectivity index (χ1n) is 4.37. The largest absolute Gasteiger partial charge is 0.507 e. The van der Waals surface area contributed by atoms with E-state index < -0.39 is 0 Å². The Kier molecular flexibility index (Phi) is 2.30. The fourth-order valence-corrected chi connectivity index (χ4v) is 1.70. The van der Waals surface area contributed by atoms with E-state index in [0.29, 0.717) is 11.6 Å². The summed E-state index contributed by atoms with van der Waals surface area (Å²) in [7, 11) is 0. The first-order valence-corrected chi connectivity index (χ1v) is 4.75. The van der Waals surface area contributed by atoms with E-state index in [4.69, 9.17) is 11.6 Å². The number of aliphatic imine (C=N–C) groups is 1. The van der Waals surface area contributed by atoms with Crippen molar-refractivity contribution in [1.82, 2.24) is 0 Å². The van der Waals surface area contributed by atoms with E-state index in [9.17, 15) is 5.11 Å². The Balaban J connectivity index is 2.52. The molecule has 14 heavy (non-hydrogen) atoms. The van der Waals surface area contributed by atoms with Gasteiger partial charge in [0.15, 0.2) is 0 Å². The van der Waals surface area contributed by atoms with Gasteiger partial charge >= 0.3 is 0 Å². The summed E-state index contributed by atoms with van der Waals surface area (Å²) in [6.45, 7) is 2.60.